The first-order chi connectivity index (χ1) is 14.7. The molecule has 2 amide bonds. The molecule has 150 valence electrons. The van der Waals surface area contributed by atoms with Gasteiger partial charge in [-0.25, -0.2) is 4.98 Å². The molecule has 0 atom stereocenters. The van der Waals surface area contributed by atoms with Gasteiger partial charge in [0, 0.05) is 6.54 Å². The molecule has 0 saturated heterocycles. The third kappa shape index (κ3) is 4.82. The van der Waals surface area contributed by atoms with Crippen LogP contribution in [0.3, 0.4) is 0 Å². The number of carbonyl (C=O) groups excluding carboxylic acids is 2. The summed E-state index contributed by atoms with van der Waals surface area (Å²) in [6.45, 7) is 0.518. The summed E-state index contributed by atoms with van der Waals surface area (Å²) >= 11 is 2.91. The summed E-state index contributed by atoms with van der Waals surface area (Å²) in [5.41, 5.74) is 2.07. The van der Waals surface area contributed by atoms with Crippen LogP contribution in [0.25, 0.3) is 9.88 Å². The molecule has 4 rings (SSSR count). The molecule has 0 aliphatic heterocycles. The number of aromatic nitrogens is 1. The van der Waals surface area contributed by atoms with E-state index in [9.17, 15) is 9.59 Å². The van der Waals surface area contributed by atoms with Crippen LogP contribution in [-0.4, -0.2) is 23.3 Å². The third-order valence-electron chi connectivity index (χ3n) is 4.42. The lowest BCUT2D eigenvalue weighted by atomic mass is 10.1. The lowest BCUT2D eigenvalue weighted by Gasteiger charge is -2.11. The Kier molecular flexibility index (Phi) is 6.32. The van der Waals surface area contributed by atoms with Crippen molar-refractivity contribution in [2.24, 2.45) is 0 Å². The number of hydrogen-bond acceptors (Lipinski definition) is 5. The molecule has 0 saturated carbocycles. The number of hydrogen-bond donors (Lipinski definition) is 2. The van der Waals surface area contributed by atoms with E-state index in [1.54, 1.807) is 41.8 Å². The molecule has 0 aliphatic carbocycles. The topological polar surface area (TPSA) is 71.1 Å². The zero-order valence-electron chi connectivity index (χ0n) is 16.0. The van der Waals surface area contributed by atoms with E-state index in [0.717, 1.165) is 21.9 Å². The summed E-state index contributed by atoms with van der Waals surface area (Å²) in [6, 6.07) is 20.9. The first kappa shape index (κ1) is 20.0. The average Bonchev–Trinajstić information content (AvgIpc) is 3.47. The van der Waals surface area contributed by atoms with Crippen molar-refractivity contribution in [1.29, 1.82) is 0 Å². The van der Waals surface area contributed by atoms with Gasteiger partial charge < -0.3 is 10.6 Å². The first-order valence-electron chi connectivity index (χ1n) is 9.43. The Morgan fingerprint density at radius 2 is 1.70 bits per heavy atom. The molecule has 0 aliphatic rings. The van der Waals surface area contributed by atoms with Crippen LogP contribution < -0.4 is 10.6 Å². The molecule has 0 fully saturated rings. The summed E-state index contributed by atoms with van der Waals surface area (Å²) in [6.07, 6.45) is 2.31. The molecule has 7 heteroatoms. The zero-order valence-corrected chi connectivity index (χ0v) is 17.6. The second-order valence-corrected chi connectivity index (χ2v) is 8.48. The molecule has 2 aromatic heterocycles. The van der Waals surface area contributed by atoms with Crippen LogP contribution in [0.5, 0.6) is 0 Å². The number of para-hydroxylation sites is 1. The molecule has 0 bridgehead atoms. The summed E-state index contributed by atoms with van der Waals surface area (Å²) in [5, 5.41) is 8.56. The lowest BCUT2D eigenvalue weighted by molar-refractivity contribution is 0.0955. The molecular weight excluding hydrogens is 414 g/mol. The predicted molar refractivity (Wildman–Crippen MR) is 122 cm³/mol. The van der Waals surface area contributed by atoms with Gasteiger partial charge in [-0.3, -0.25) is 9.59 Å². The van der Waals surface area contributed by atoms with Gasteiger partial charge in [0.15, 0.2) is 0 Å². The predicted octanol–water partition coefficient (Wildman–Crippen LogP) is 5.10. The number of benzene rings is 2. The van der Waals surface area contributed by atoms with E-state index in [0.29, 0.717) is 22.7 Å². The highest BCUT2D eigenvalue weighted by Gasteiger charge is 2.16. The van der Waals surface area contributed by atoms with E-state index in [-0.39, 0.29) is 11.8 Å². The monoisotopic (exact) mass is 433 g/mol. The van der Waals surface area contributed by atoms with Gasteiger partial charge in [-0.15, -0.1) is 22.7 Å². The first-order valence-corrected chi connectivity index (χ1v) is 11.1. The molecule has 2 N–H and O–H groups in total. The number of carbonyl (C=O) groups is 2. The fraction of sp³-hybridized carbons (Fsp3) is 0.0870. The van der Waals surface area contributed by atoms with E-state index in [4.69, 9.17) is 0 Å². The van der Waals surface area contributed by atoms with Crippen LogP contribution in [0.1, 0.15) is 25.6 Å². The molecular formula is C23H19N3O2S2. The van der Waals surface area contributed by atoms with Gasteiger partial charge in [0.1, 0.15) is 9.88 Å². The van der Waals surface area contributed by atoms with Gasteiger partial charge in [-0.05, 0) is 35.6 Å². The molecule has 0 spiro atoms. The third-order valence-corrected chi connectivity index (χ3v) is 6.46. The number of nitrogens with one attached hydrogen (secondary N) is 2. The van der Waals surface area contributed by atoms with Crippen LogP contribution in [0.2, 0.25) is 0 Å². The van der Waals surface area contributed by atoms with Crippen molar-refractivity contribution in [3.8, 4) is 9.88 Å². The maximum absolute atomic E-state index is 12.7. The second-order valence-electron chi connectivity index (χ2n) is 6.50. The Morgan fingerprint density at radius 3 is 2.50 bits per heavy atom. The molecule has 5 nitrogen and oxygen atoms in total. The van der Waals surface area contributed by atoms with E-state index in [1.807, 2.05) is 47.8 Å². The number of nitrogens with zero attached hydrogens (tertiary/aromatic N) is 1. The Bertz CT molecular complexity index is 1140. The minimum absolute atomic E-state index is 0.217. The number of amides is 2. The van der Waals surface area contributed by atoms with Crippen LogP contribution >= 0.6 is 22.7 Å². The summed E-state index contributed by atoms with van der Waals surface area (Å²) in [7, 11) is 0. The van der Waals surface area contributed by atoms with Crippen molar-refractivity contribution in [3.05, 3.63) is 94.3 Å². The molecule has 2 heterocycles. The molecule has 0 radical (unpaired) electrons. The average molecular weight is 434 g/mol. The minimum Gasteiger partial charge on any atom is -0.352 e. The van der Waals surface area contributed by atoms with Crippen molar-refractivity contribution in [2.45, 2.75) is 6.42 Å². The van der Waals surface area contributed by atoms with Gasteiger partial charge in [0.05, 0.1) is 22.3 Å². The fourth-order valence-corrected chi connectivity index (χ4v) is 4.54. The smallest absolute Gasteiger partial charge is 0.267 e. The number of rotatable bonds is 7. The van der Waals surface area contributed by atoms with Crippen molar-refractivity contribution in [2.75, 3.05) is 11.9 Å². The maximum atomic E-state index is 12.7. The summed E-state index contributed by atoms with van der Waals surface area (Å²) in [4.78, 5) is 31.2. The zero-order chi connectivity index (χ0) is 20.8. The van der Waals surface area contributed by atoms with Crippen LogP contribution in [-0.2, 0) is 6.42 Å². The molecule has 30 heavy (non-hydrogen) atoms. The number of anilines is 1. The van der Waals surface area contributed by atoms with Gasteiger partial charge >= 0.3 is 0 Å². The largest absolute Gasteiger partial charge is 0.352 e. The van der Waals surface area contributed by atoms with E-state index in [1.165, 1.54) is 11.3 Å². The highest BCUT2D eigenvalue weighted by Crippen LogP contribution is 2.29. The van der Waals surface area contributed by atoms with Crippen molar-refractivity contribution in [3.63, 3.8) is 0 Å². The highest BCUT2D eigenvalue weighted by atomic mass is 32.1. The number of thiazole rings is 1. The molecule has 4 aromatic rings. The van der Waals surface area contributed by atoms with Gasteiger partial charge in [0.25, 0.3) is 11.8 Å². The van der Waals surface area contributed by atoms with E-state index >= 15 is 0 Å². The van der Waals surface area contributed by atoms with Crippen LogP contribution in [0.4, 0.5) is 5.69 Å². The SMILES string of the molecule is O=C(Nc1ccccc1C(=O)NCCc1ccccc1)c1cnc(-c2cccs2)s1. The molecule has 0 unspecified atom stereocenters. The van der Waals surface area contributed by atoms with Gasteiger partial charge in [-0.1, -0.05) is 48.5 Å². The maximum Gasteiger partial charge on any atom is 0.267 e. The van der Waals surface area contributed by atoms with Crippen LogP contribution in [0, 0.1) is 0 Å². The minimum atomic E-state index is -0.278. The summed E-state index contributed by atoms with van der Waals surface area (Å²) < 4.78 is 0. The highest BCUT2D eigenvalue weighted by molar-refractivity contribution is 7.22. The Balaban J connectivity index is 1.41. The quantitative estimate of drug-likeness (QED) is 0.426. The lowest BCUT2D eigenvalue weighted by Crippen LogP contribution is -2.27. The van der Waals surface area contributed by atoms with Crippen molar-refractivity contribution < 1.29 is 9.59 Å². The Hall–Kier alpha value is -3.29. The van der Waals surface area contributed by atoms with Crippen molar-refractivity contribution >= 4 is 40.2 Å². The van der Waals surface area contributed by atoms with Gasteiger partial charge in [0.2, 0.25) is 0 Å². The second kappa shape index (κ2) is 9.47. The van der Waals surface area contributed by atoms with Gasteiger partial charge in [-0.2, -0.15) is 0 Å². The van der Waals surface area contributed by atoms with E-state index in [2.05, 4.69) is 15.6 Å². The molecule has 2 aromatic carbocycles. The van der Waals surface area contributed by atoms with Crippen LogP contribution in [0.15, 0.2) is 78.3 Å². The Labute approximate surface area is 182 Å². The Morgan fingerprint density at radius 1 is 0.900 bits per heavy atom. The van der Waals surface area contributed by atoms with E-state index < -0.39 is 0 Å². The normalized spacial score (nSPS) is 10.5. The summed E-state index contributed by atoms with van der Waals surface area (Å²) in [5.74, 6) is -0.495. The van der Waals surface area contributed by atoms with Crippen molar-refractivity contribution in [1.82, 2.24) is 10.3 Å². The number of thiophene rings is 1. The standard InChI is InChI=1S/C23H19N3O2S2/c27-21(24-13-12-16-7-2-1-3-8-16)17-9-4-5-10-18(17)26-22(28)20-15-25-23(30-20)19-11-6-14-29-19/h1-11,14-15H,12-13H2,(H,24,27)(H,26,28). The fourth-order valence-electron chi connectivity index (χ4n) is 2.93.